The predicted molar refractivity (Wildman–Crippen MR) is 61.5 cm³/mol. The van der Waals surface area contributed by atoms with E-state index in [-0.39, 0.29) is 11.6 Å². The van der Waals surface area contributed by atoms with Crippen molar-refractivity contribution in [2.45, 2.75) is 13.3 Å². The van der Waals surface area contributed by atoms with Gasteiger partial charge in [0, 0.05) is 12.5 Å². The number of Topliss-reactive ketones (excluding diaryl/α,β-unsaturated/α-hetero) is 1. The first-order valence-electron chi connectivity index (χ1n) is 5.17. The van der Waals surface area contributed by atoms with Crippen molar-refractivity contribution in [1.82, 2.24) is 0 Å². The number of carbonyl (C=O) groups excluding carboxylic acids is 2. The van der Waals surface area contributed by atoms with Gasteiger partial charge >= 0.3 is 0 Å². The lowest BCUT2D eigenvalue weighted by molar-refractivity contribution is -0.116. The van der Waals surface area contributed by atoms with Crippen LogP contribution in [0.5, 0.6) is 0 Å². The van der Waals surface area contributed by atoms with Crippen molar-refractivity contribution in [3.8, 4) is 0 Å². The number of hydrogen-bond acceptors (Lipinski definition) is 4. The summed E-state index contributed by atoms with van der Waals surface area (Å²) < 4.78 is 5.26. The minimum absolute atomic E-state index is 0.0917. The Kier molecular flexibility index (Phi) is 3.19. The fourth-order valence-corrected chi connectivity index (χ4v) is 2.44. The van der Waals surface area contributed by atoms with Gasteiger partial charge in [-0.2, -0.15) is 0 Å². The van der Waals surface area contributed by atoms with Crippen LogP contribution in [0, 0.1) is 5.92 Å². The molecule has 2 rings (SSSR count). The zero-order valence-corrected chi connectivity index (χ0v) is 9.75. The molecule has 0 amide bonds. The van der Waals surface area contributed by atoms with Crippen molar-refractivity contribution in [3.63, 3.8) is 0 Å². The maximum atomic E-state index is 12.0. The van der Waals surface area contributed by atoms with Gasteiger partial charge in [-0.05, 0) is 18.4 Å². The van der Waals surface area contributed by atoms with Crippen LogP contribution in [-0.2, 0) is 9.53 Å². The third-order valence-corrected chi connectivity index (χ3v) is 3.35. The van der Waals surface area contributed by atoms with Crippen LogP contribution in [0.15, 0.2) is 29.3 Å². The Bertz CT molecular complexity index is 431. The smallest absolute Gasteiger partial charge is 0.184 e. The fraction of sp³-hybridized carbons (Fsp3) is 0.333. The Morgan fingerprint density at radius 3 is 3.06 bits per heavy atom. The Hall–Kier alpha value is -1.42. The molecule has 16 heavy (non-hydrogen) atoms. The van der Waals surface area contributed by atoms with Gasteiger partial charge in [0.2, 0.25) is 0 Å². The summed E-state index contributed by atoms with van der Waals surface area (Å²) in [6.07, 6.45) is 1.85. The zero-order valence-electron chi connectivity index (χ0n) is 8.93. The number of ketones is 2. The molecule has 0 bridgehead atoms. The third kappa shape index (κ3) is 2.07. The number of rotatable bonds is 4. The van der Waals surface area contributed by atoms with Gasteiger partial charge in [-0.1, -0.05) is 6.07 Å². The molecule has 0 saturated carbocycles. The van der Waals surface area contributed by atoms with E-state index < -0.39 is 5.92 Å². The van der Waals surface area contributed by atoms with Crippen molar-refractivity contribution >= 4 is 22.9 Å². The number of hydrogen-bond donors (Lipinski definition) is 0. The molecule has 1 aromatic heterocycles. The van der Waals surface area contributed by atoms with Gasteiger partial charge in [0.15, 0.2) is 11.6 Å². The normalized spacial score (nSPS) is 19.7. The Morgan fingerprint density at radius 1 is 1.62 bits per heavy atom. The minimum atomic E-state index is -0.569. The second kappa shape index (κ2) is 4.61. The summed E-state index contributed by atoms with van der Waals surface area (Å²) in [5.74, 6) is -0.171. The molecule has 0 aliphatic heterocycles. The van der Waals surface area contributed by atoms with Crippen molar-refractivity contribution in [1.29, 1.82) is 0 Å². The van der Waals surface area contributed by atoms with Crippen LogP contribution >= 0.6 is 11.3 Å². The average molecular weight is 236 g/mol. The van der Waals surface area contributed by atoms with Crippen LogP contribution in [0.1, 0.15) is 23.0 Å². The number of ether oxygens (including phenoxy) is 1. The van der Waals surface area contributed by atoms with E-state index in [9.17, 15) is 9.59 Å². The topological polar surface area (TPSA) is 43.4 Å². The molecule has 0 aromatic carbocycles. The highest BCUT2D eigenvalue weighted by Crippen LogP contribution is 2.27. The Morgan fingerprint density at radius 2 is 2.44 bits per heavy atom. The summed E-state index contributed by atoms with van der Waals surface area (Å²) in [7, 11) is 0. The van der Waals surface area contributed by atoms with E-state index >= 15 is 0 Å². The molecule has 4 heteroatoms. The van der Waals surface area contributed by atoms with E-state index in [1.165, 1.54) is 17.4 Å². The van der Waals surface area contributed by atoms with Gasteiger partial charge < -0.3 is 4.74 Å². The maximum absolute atomic E-state index is 12.0. The molecule has 0 N–H and O–H groups in total. The van der Waals surface area contributed by atoms with Gasteiger partial charge in [0.1, 0.15) is 5.76 Å². The first-order chi connectivity index (χ1) is 7.72. The van der Waals surface area contributed by atoms with Crippen LogP contribution in [-0.4, -0.2) is 18.2 Å². The molecule has 0 spiro atoms. The molecule has 1 aliphatic carbocycles. The first-order valence-corrected chi connectivity index (χ1v) is 6.05. The fourth-order valence-electron chi connectivity index (χ4n) is 1.72. The summed E-state index contributed by atoms with van der Waals surface area (Å²) in [6, 6.07) is 3.56. The minimum Gasteiger partial charge on any atom is -0.498 e. The molecule has 1 aromatic rings. The number of allylic oxidation sites excluding steroid dienone is 2. The second-order valence-electron chi connectivity index (χ2n) is 3.54. The predicted octanol–water partition coefficient (Wildman–Crippen LogP) is 2.44. The van der Waals surface area contributed by atoms with Gasteiger partial charge in [0.25, 0.3) is 0 Å². The van der Waals surface area contributed by atoms with Crippen LogP contribution in [0.3, 0.4) is 0 Å². The highest BCUT2D eigenvalue weighted by molar-refractivity contribution is 7.12. The largest absolute Gasteiger partial charge is 0.498 e. The third-order valence-electron chi connectivity index (χ3n) is 2.46. The molecular formula is C12H12O3S. The van der Waals surface area contributed by atoms with Gasteiger partial charge in [-0.3, -0.25) is 9.59 Å². The maximum Gasteiger partial charge on any atom is 0.184 e. The molecule has 1 atom stereocenters. The standard InChI is InChI=1S/C12H12O3S/c1-2-15-8-6-9(10(13)7-8)12(14)11-4-3-5-16-11/h3-5,7,9H,2,6H2,1H3. The Labute approximate surface area is 97.7 Å². The second-order valence-corrected chi connectivity index (χ2v) is 4.49. The zero-order chi connectivity index (χ0) is 11.5. The van der Waals surface area contributed by atoms with Gasteiger partial charge in [-0.25, -0.2) is 0 Å². The van der Waals surface area contributed by atoms with Gasteiger partial charge in [-0.15, -0.1) is 11.3 Å². The molecule has 0 radical (unpaired) electrons. The van der Waals surface area contributed by atoms with Crippen LogP contribution in [0.4, 0.5) is 0 Å². The van der Waals surface area contributed by atoms with E-state index in [2.05, 4.69) is 0 Å². The highest BCUT2D eigenvalue weighted by atomic mass is 32.1. The number of thiophene rings is 1. The average Bonchev–Trinajstić information content (AvgIpc) is 2.87. The van der Waals surface area contributed by atoms with E-state index in [1.807, 2.05) is 18.4 Å². The summed E-state index contributed by atoms with van der Waals surface area (Å²) in [5, 5.41) is 1.84. The van der Waals surface area contributed by atoms with E-state index in [0.717, 1.165) is 0 Å². The van der Waals surface area contributed by atoms with E-state index in [0.29, 0.717) is 23.7 Å². The van der Waals surface area contributed by atoms with Crippen LogP contribution in [0.2, 0.25) is 0 Å². The van der Waals surface area contributed by atoms with Crippen molar-refractivity contribution in [2.24, 2.45) is 5.92 Å². The molecule has 84 valence electrons. The van der Waals surface area contributed by atoms with Crippen molar-refractivity contribution in [3.05, 3.63) is 34.2 Å². The molecule has 1 heterocycles. The molecule has 3 nitrogen and oxygen atoms in total. The van der Waals surface area contributed by atoms with Crippen LogP contribution in [0.25, 0.3) is 0 Å². The molecule has 0 fully saturated rings. The molecule has 1 unspecified atom stereocenters. The lowest BCUT2D eigenvalue weighted by Gasteiger charge is -2.06. The quantitative estimate of drug-likeness (QED) is 0.595. The lowest BCUT2D eigenvalue weighted by atomic mass is 9.99. The van der Waals surface area contributed by atoms with Gasteiger partial charge in [0.05, 0.1) is 17.4 Å². The van der Waals surface area contributed by atoms with Crippen LogP contribution < -0.4 is 0 Å². The first kappa shape index (κ1) is 11.1. The molecule has 0 saturated heterocycles. The van der Waals surface area contributed by atoms with Crippen molar-refractivity contribution in [2.75, 3.05) is 6.61 Å². The summed E-state index contributed by atoms with van der Waals surface area (Å²) in [5.41, 5.74) is 0. The summed E-state index contributed by atoms with van der Waals surface area (Å²) in [4.78, 5) is 24.2. The van der Waals surface area contributed by atoms with E-state index in [1.54, 1.807) is 6.07 Å². The lowest BCUT2D eigenvalue weighted by Crippen LogP contribution is -2.18. The van der Waals surface area contributed by atoms with E-state index in [4.69, 9.17) is 4.74 Å². The number of carbonyl (C=O) groups is 2. The molecular weight excluding hydrogens is 224 g/mol. The SMILES string of the molecule is CCOC1=CC(=O)C(C(=O)c2cccs2)C1. The highest BCUT2D eigenvalue weighted by Gasteiger charge is 2.33. The van der Waals surface area contributed by atoms with Crippen molar-refractivity contribution < 1.29 is 14.3 Å². The summed E-state index contributed by atoms with van der Waals surface area (Å²) >= 11 is 1.37. The molecule has 1 aliphatic rings. The summed E-state index contributed by atoms with van der Waals surface area (Å²) in [6.45, 7) is 2.39. The Balaban J connectivity index is 2.09. The monoisotopic (exact) mass is 236 g/mol.